The van der Waals surface area contributed by atoms with Gasteiger partial charge in [0.1, 0.15) is 0 Å². The SMILES string of the molecule is C=CC(=CC(C=Cc1c(C)cccc1C)=CCCCC)C(=O)CC(C)C(C)C. The molecule has 0 saturated heterocycles. The molecule has 0 fully saturated rings. The number of hydrogen-bond donors (Lipinski definition) is 0. The minimum atomic E-state index is 0.179. The zero-order valence-corrected chi connectivity index (χ0v) is 18.7. The lowest BCUT2D eigenvalue weighted by Gasteiger charge is -2.14. The first-order chi connectivity index (χ1) is 13.3. The molecule has 152 valence electrons. The van der Waals surface area contributed by atoms with Crippen LogP contribution in [0.3, 0.4) is 0 Å². The number of benzene rings is 1. The Morgan fingerprint density at radius 3 is 2.32 bits per heavy atom. The van der Waals surface area contributed by atoms with Crippen LogP contribution in [0.1, 0.15) is 70.1 Å². The van der Waals surface area contributed by atoms with Gasteiger partial charge in [0.15, 0.2) is 5.78 Å². The average Bonchev–Trinajstić information content (AvgIpc) is 2.64. The molecule has 0 heterocycles. The Kier molecular flexibility index (Phi) is 10.5. The molecule has 0 saturated carbocycles. The highest BCUT2D eigenvalue weighted by molar-refractivity contribution is 5.98. The molecule has 0 aromatic heterocycles. The van der Waals surface area contributed by atoms with Crippen LogP contribution in [-0.2, 0) is 4.79 Å². The topological polar surface area (TPSA) is 17.1 Å². The number of unbranched alkanes of at least 4 members (excludes halogenated alkanes) is 2. The monoisotopic (exact) mass is 378 g/mol. The van der Waals surface area contributed by atoms with E-state index in [-0.39, 0.29) is 5.78 Å². The summed E-state index contributed by atoms with van der Waals surface area (Å²) in [6.07, 6.45) is 14.1. The molecule has 0 spiro atoms. The quantitative estimate of drug-likeness (QED) is 0.218. The smallest absolute Gasteiger partial charge is 0.163 e. The maximum Gasteiger partial charge on any atom is 0.163 e. The van der Waals surface area contributed by atoms with Gasteiger partial charge in [0.05, 0.1) is 0 Å². The van der Waals surface area contributed by atoms with Crippen molar-refractivity contribution in [1.82, 2.24) is 0 Å². The normalized spacial score (nSPS) is 14.0. The molecular weight excluding hydrogens is 340 g/mol. The molecule has 0 radical (unpaired) electrons. The van der Waals surface area contributed by atoms with Gasteiger partial charge in [-0.2, -0.15) is 0 Å². The molecule has 1 aromatic carbocycles. The Hall–Kier alpha value is -2.15. The van der Waals surface area contributed by atoms with Gasteiger partial charge in [-0.15, -0.1) is 0 Å². The summed E-state index contributed by atoms with van der Waals surface area (Å²) < 4.78 is 0. The summed E-state index contributed by atoms with van der Waals surface area (Å²) in [6, 6.07) is 6.36. The minimum absolute atomic E-state index is 0.179. The van der Waals surface area contributed by atoms with Crippen molar-refractivity contribution < 1.29 is 4.79 Å². The number of carbonyl (C=O) groups excluding carboxylic acids is 1. The third-order valence-corrected chi connectivity index (χ3v) is 5.43. The van der Waals surface area contributed by atoms with Gasteiger partial charge in [-0.05, 0) is 60.4 Å². The molecule has 0 aliphatic heterocycles. The van der Waals surface area contributed by atoms with E-state index in [2.05, 4.69) is 84.5 Å². The van der Waals surface area contributed by atoms with E-state index in [1.165, 1.54) is 16.7 Å². The van der Waals surface area contributed by atoms with Crippen molar-refractivity contribution in [3.63, 3.8) is 0 Å². The Labute approximate surface area is 172 Å². The van der Waals surface area contributed by atoms with Crippen molar-refractivity contribution in [2.75, 3.05) is 0 Å². The van der Waals surface area contributed by atoms with E-state index in [0.29, 0.717) is 23.8 Å². The fourth-order valence-corrected chi connectivity index (χ4v) is 3.00. The fourth-order valence-electron chi connectivity index (χ4n) is 3.00. The van der Waals surface area contributed by atoms with Gasteiger partial charge in [-0.1, -0.05) is 89.6 Å². The third kappa shape index (κ3) is 7.84. The molecule has 0 N–H and O–H groups in total. The molecule has 28 heavy (non-hydrogen) atoms. The van der Waals surface area contributed by atoms with Crippen LogP contribution in [-0.4, -0.2) is 5.78 Å². The van der Waals surface area contributed by atoms with Crippen molar-refractivity contribution in [2.45, 2.75) is 67.2 Å². The van der Waals surface area contributed by atoms with Crippen molar-refractivity contribution in [2.24, 2.45) is 11.8 Å². The predicted octanol–water partition coefficient (Wildman–Crippen LogP) is 7.80. The van der Waals surface area contributed by atoms with Gasteiger partial charge >= 0.3 is 0 Å². The standard InChI is InChI=1S/C27H38O/c1-8-10-11-15-24(16-17-26-21(5)13-12-14-22(26)6)19-25(9-2)27(28)18-23(7)20(3)4/h9,12-17,19-20,23H,2,8,10-11,18H2,1,3-7H3. The second kappa shape index (κ2) is 12.3. The Bertz CT molecular complexity index is 723. The molecule has 0 aliphatic carbocycles. The van der Waals surface area contributed by atoms with Crippen LogP contribution in [0.5, 0.6) is 0 Å². The molecule has 0 aliphatic rings. The largest absolute Gasteiger partial charge is 0.294 e. The minimum Gasteiger partial charge on any atom is -0.294 e. The highest BCUT2D eigenvalue weighted by Gasteiger charge is 2.14. The zero-order valence-electron chi connectivity index (χ0n) is 18.7. The van der Waals surface area contributed by atoms with E-state index in [0.717, 1.165) is 24.8 Å². The number of aryl methyl sites for hydroxylation is 2. The van der Waals surface area contributed by atoms with E-state index in [1.807, 2.05) is 6.08 Å². The molecule has 1 unspecified atom stereocenters. The predicted molar refractivity (Wildman–Crippen MR) is 124 cm³/mol. The van der Waals surface area contributed by atoms with E-state index in [9.17, 15) is 4.79 Å². The molecule has 0 bridgehead atoms. The van der Waals surface area contributed by atoms with Gasteiger partial charge in [0.25, 0.3) is 0 Å². The summed E-state index contributed by atoms with van der Waals surface area (Å²) in [4.78, 5) is 12.7. The summed E-state index contributed by atoms with van der Waals surface area (Å²) in [5.41, 5.74) is 5.56. The van der Waals surface area contributed by atoms with Crippen LogP contribution < -0.4 is 0 Å². The van der Waals surface area contributed by atoms with Crippen molar-refractivity contribution in [3.8, 4) is 0 Å². The van der Waals surface area contributed by atoms with Crippen LogP contribution in [0.25, 0.3) is 6.08 Å². The number of carbonyl (C=O) groups is 1. The van der Waals surface area contributed by atoms with Crippen LogP contribution in [0, 0.1) is 25.7 Å². The second-order valence-electron chi connectivity index (χ2n) is 8.14. The van der Waals surface area contributed by atoms with Crippen LogP contribution >= 0.6 is 0 Å². The van der Waals surface area contributed by atoms with Crippen LogP contribution in [0.4, 0.5) is 0 Å². The van der Waals surface area contributed by atoms with Crippen molar-refractivity contribution in [3.05, 3.63) is 76.9 Å². The number of ketones is 1. The average molecular weight is 379 g/mol. The summed E-state index contributed by atoms with van der Waals surface area (Å²) in [5.74, 6) is 1.05. The van der Waals surface area contributed by atoms with Crippen LogP contribution in [0.15, 0.2) is 60.2 Å². The lowest BCUT2D eigenvalue weighted by molar-refractivity contribution is -0.116. The molecule has 0 amide bonds. The third-order valence-electron chi connectivity index (χ3n) is 5.43. The van der Waals surface area contributed by atoms with Gasteiger partial charge in [-0.3, -0.25) is 4.79 Å². The Morgan fingerprint density at radius 2 is 1.79 bits per heavy atom. The molecule has 1 heteroatoms. The van der Waals surface area contributed by atoms with Gasteiger partial charge in [0.2, 0.25) is 0 Å². The summed E-state index contributed by atoms with van der Waals surface area (Å²) in [7, 11) is 0. The van der Waals surface area contributed by atoms with Gasteiger partial charge < -0.3 is 0 Å². The maximum absolute atomic E-state index is 12.7. The lowest BCUT2D eigenvalue weighted by Crippen LogP contribution is -2.12. The lowest BCUT2D eigenvalue weighted by atomic mass is 9.90. The first-order valence-electron chi connectivity index (χ1n) is 10.6. The number of allylic oxidation sites excluding steroid dienone is 6. The van der Waals surface area contributed by atoms with Crippen molar-refractivity contribution in [1.29, 1.82) is 0 Å². The number of rotatable bonds is 11. The highest BCUT2D eigenvalue weighted by Crippen LogP contribution is 2.20. The second-order valence-corrected chi connectivity index (χ2v) is 8.14. The summed E-state index contributed by atoms with van der Waals surface area (Å²) in [6.45, 7) is 16.8. The summed E-state index contributed by atoms with van der Waals surface area (Å²) >= 11 is 0. The first-order valence-corrected chi connectivity index (χ1v) is 10.6. The van der Waals surface area contributed by atoms with E-state index in [4.69, 9.17) is 0 Å². The number of hydrogen-bond acceptors (Lipinski definition) is 1. The summed E-state index contributed by atoms with van der Waals surface area (Å²) in [5, 5.41) is 0. The van der Waals surface area contributed by atoms with E-state index in [1.54, 1.807) is 6.08 Å². The Balaban J connectivity index is 3.16. The highest BCUT2D eigenvalue weighted by atomic mass is 16.1. The van der Waals surface area contributed by atoms with Crippen molar-refractivity contribution >= 4 is 11.9 Å². The molecular formula is C27H38O. The van der Waals surface area contributed by atoms with Gasteiger partial charge in [0, 0.05) is 12.0 Å². The number of Topliss-reactive ketones (excluding diaryl/α,β-unsaturated/α-hetero) is 1. The first kappa shape index (κ1) is 23.9. The maximum atomic E-state index is 12.7. The zero-order chi connectivity index (χ0) is 21.1. The molecule has 1 aromatic rings. The molecule has 1 atom stereocenters. The van der Waals surface area contributed by atoms with E-state index >= 15 is 0 Å². The van der Waals surface area contributed by atoms with Gasteiger partial charge in [-0.25, -0.2) is 0 Å². The Morgan fingerprint density at radius 1 is 1.14 bits per heavy atom. The van der Waals surface area contributed by atoms with Crippen LogP contribution in [0.2, 0.25) is 0 Å². The van der Waals surface area contributed by atoms with E-state index < -0.39 is 0 Å². The molecule has 1 nitrogen and oxygen atoms in total. The molecule has 1 rings (SSSR count). The fraction of sp³-hybridized carbons (Fsp3) is 0.444.